The van der Waals surface area contributed by atoms with Gasteiger partial charge in [-0.15, -0.1) is 0 Å². The number of aldehydes is 1. The molecule has 1 aliphatic rings. The summed E-state index contributed by atoms with van der Waals surface area (Å²) in [5, 5.41) is 0. The minimum atomic E-state index is 0.0277. The molecule has 0 saturated heterocycles. The lowest BCUT2D eigenvalue weighted by molar-refractivity contribution is -0.111. The molecule has 0 spiro atoms. The van der Waals surface area contributed by atoms with Gasteiger partial charge in [0.2, 0.25) is 0 Å². The molecule has 2 atom stereocenters. The van der Waals surface area contributed by atoms with Crippen LogP contribution in [0, 0.1) is 0 Å². The minimum Gasteiger partial charge on any atom is -0.302 e. The van der Waals surface area contributed by atoms with Crippen LogP contribution in [0.25, 0.3) is 0 Å². The molecule has 3 heteroatoms. The van der Waals surface area contributed by atoms with Gasteiger partial charge < -0.3 is 4.79 Å². The molecule has 0 amide bonds. The van der Waals surface area contributed by atoms with Crippen LogP contribution in [-0.4, -0.2) is 17.0 Å². The monoisotopic (exact) mass is 193 g/mol. The summed E-state index contributed by atoms with van der Waals surface area (Å²) in [7, 11) is 2.61. The number of hydrogen-bond donors (Lipinski definition) is 0. The number of carbonyl (C=O) groups is 1. The van der Waals surface area contributed by atoms with Crippen molar-refractivity contribution in [1.29, 1.82) is 0 Å². The zero-order chi connectivity index (χ0) is 9.26. The summed E-state index contributed by atoms with van der Waals surface area (Å²) < 4.78 is 2.01. The fourth-order valence-electron chi connectivity index (χ4n) is 1.69. The number of benzene rings is 1. The van der Waals surface area contributed by atoms with E-state index in [9.17, 15) is 4.79 Å². The average molecular weight is 193 g/mol. The van der Waals surface area contributed by atoms with Crippen LogP contribution in [0.15, 0.2) is 24.3 Å². The van der Waals surface area contributed by atoms with E-state index in [2.05, 4.69) is 21.5 Å². The molecule has 1 aromatic rings. The first-order chi connectivity index (χ1) is 6.31. The maximum absolute atomic E-state index is 10.7. The SMILES string of the molecule is O=CC1Cc2ccccc2CN1P. The summed E-state index contributed by atoms with van der Waals surface area (Å²) in [6, 6.07) is 8.31. The van der Waals surface area contributed by atoms with Gasteiger partial charge in [0.1, 0.15) is 6.29 Å². The van der Waals surface area contributed by atoms with Crippen LogP contribution in [0.1, 0.15) is 11.1 Å². The predicted molar refractivity (Wildman–Crippen MR) is 55.3 cm³/mol. The standard InChI is InChI=1S/C10H12NOP/c12-7-10-5-8-3-1-2-4-9(8)6-11(10)13/h1-4,7,10H,5-6,13H2. The second-order valence-electron chi connectivity index (χ2n) is 3.35. The van der Waals surface area contributed by atoms with E-state index in [-0.39, 0.29) is 6.04 Å². The van der Waals surface area contributed by atoms with E-state index in [1.807, 2.05) is 16.8 Å². The Morgan fingerprint density at radius 2 is 2.08 bits per heavy atom. The molecule has 0 aromatic heterocycles. The number of carbonyl (C=O) groups excluding carboxylic acids is 1. The third-order valence-electron chi connectivity index (χ3n) is 2.48. The lowest BCUT2D eigenvalue weighted by Crippen LogP contribution is -2.34. The van der Waals surface area contributed by atoms with Gasteiger partial charge in [0.05, 0.1) is 6.04 Å². The van der Waals surface area contributed by atoms with E-state index >= 15 is 0 Å². The van der Waals surface area contributed by atoms with E-state index in [1.165, 1.54) is 11.1 Å². The van der Waals surface area contributed by atoms with Crippen molar-refractivity contribution in [3.8, 4) is 0 Å². The molecule has 0 saturated carbocycles. The second kappa shape index (κ2) is 3.57. The lowest BCUT2D eigenvalue weighted by Gasteiger charge is -2.29. The van der Waals surface area contributed by atoms with Gasteiger partial charge in [-0.2, -0.15) is 0 Å². The highest BCUT2D eigenvalue weighted by Gasteiger charge is 2.21. The van der Waals surface area contributed by atoms with Crippen molar-refractivity contribution in [2.45, 2.75) is 19.0 Å². The molecular formula is C10H12NOP. The molecule has 0 aliphatic carbocycles. The number of fused-ring (bicyclic) bond motifs is 1. The number of rotatable bonds is 1. The number of hydrogen-bond acceptors (Lipinski definition) is 2. The maximum atomic E-state index is 10.7. The third kappa shape index (κ3) is 1.65. The Hall–Kier alpha value is -0.720. The highest BCUT2D eigenvalue weighted by Crippen LogP contribution is 2.24. The first-order valence-corrected chi connectivity index (χ1v) is 4.86. The lowest BCUT2D eigenvalue weighted by atomic mass is 9.97. The van der Waals surface area contributed by atoms with Crippen LogP contribution in [0.2, 0.25) is 0 Å². The molecule has 68 valence electrons. The molecule has 2 rings (SSSR count). The maximum Gasteiger partial charge on any atom is 0.137 e. The minimum absolute atomic E-state index is 0.0277. The molecule has 1 aliphatic heterocycles. The Balaban J connectivity index is 2.32. The van der Waals surface area contributed by atoms with Crippen molar-refractivity contribution in [1.82, 2.24) is 4.67 Å². The Bertz CT molecular complexity index is 326. The topological polar surface area (TPSA) is 20.3 Å². The van der Waals surface area contributed by atoms with Crippen molar-refractivity contribution in [2.24, 2.45) is 0 Å². The summed E-state index contributed by atoms with van der Waals surface area (Å²) in [5.41, 5.74) is 2.63. The van der Waals surface area contributed by atoms with Gasteiger partial charge in [-0.1, -0.05) is 33.7 Å². The van der Waals surface area contributed by atoms with E-state index < -0.39 is 0 Å². The Morgan fingerprint density at radius 1 is 1.38 bits per heavy atom. The van der Waals surface area contributed by atoms with Crippen molar-refractivity contribution in [3.63, 3.8) is 0 Å². The zero-order valence-electron chi connectivity index (χ0n) is 7.31. The highest BCUT2D eigenvalue weighted by molar-refractivity contribution is 7.13. The molecule has 0 fully saturated rings. The van der Waals surface area contributed by atoms with Crippen molar-refractivity contribution >= 4 is 15.7 Å². The fraction of sp³-hybridized carbons (Fsp3) is 0.300. The van der Waals surface area contributed by atoms with Gasteiger partial charge in [-0.05, 0) is 17.5 Å². The van der Waals surface area contributed by atoms with Crippen LogP contribution < -0.4 is 0 Å². The van der Waals surface area contributed by atoms with Crippen LogP contribution in [0.4, 0.5) is 0 Å². The van der Waals surface area contributed by atoms with Gasteiger partial charge >= 0.3 is 0 Å². The number of nitrogens with zero attached hydrogens (tertiary/aromatic N) is 1. The predicted octanol–water partition coefficient (Wildman–Crippen LogP) is 1.40. The van der Waals surface area contributed by atoms with Crippen LogP contribution in [0.5, 0.6) is 0 Å². The molecule has 0 bridgehead atoms. The van der Waals surface area contributed by atoms with Crippen molar-refractivity contribution < 1.29 is 4.79 Å². The van der Waals surface area contributed by atoms with E-state index in [1.54, 1.807) is 0 Å². The fourth-order valence-corrected chi connectivity index (χ4v) is 2.07. The van der Waals surface area contributed by atoms with Crippen LogP contribution in [-0.2, 0) is 17.8 Å². The van der Waals surface area contributed by atoms with Crippen molar-refractivity contribution in [2.75, 3.05) is 0 Å². The second-order valence-corrected chi connectivity index (χ2v) is 4.01. The van der Waals surface area contributed by atoms with Crippen LogP contribution in [0.3, 0.4) is 0 Å². The quantitative estimate of drug-likeness (QED) is 0.496. The Kier molecular flexibility index (Phi) is 2.43. The zero-order valence-corrected chi connectivity index (χ0v) is 8.47. The highest BCUT2D eigenvalue weighted by atomic mass is 31.0. The summed E-state index contributed by atoms with van der Waals surface area (Å²) in [6.07, 6.45) is 1.85. The van der Waals surface area contributed by atoms with E-state index in [4.69, 9.17) is 0 Å². The third-order valence-corrected chi connectivity index (χ3v) is 3.05. The summed E-state index contributed by atoms with van der Waals surface area (Å²) in [5.74, 6) is 0. The summed E-state index contributed by atoms with van der Waals surface area (Å²) in [4.78, 5) is 10.7. The first kappa shape index (κ1) is 8.86. The Labute approximate surface area is 80.2 Å². The van der Waals surface area contributed by atoms with Gasteiger partial charge in [0.15, 0.2) is 0 Å². The molecule has 2 unspecified atom stereocenters. The smallest absolute Gasteiger partial charge is 0.137 e. The molecular weight excluding hydrogens is 181 g/mol. The average Bonchev–Trinajstić information content (AvgIpc) is 2.17. The summed E-state index contributed by atoms with van der Waals surface area (Å²) in [6.45, 7) is 0.851. The van der Waals surface area contributed by atoms with Gasteiger partial charge in [-0.25, -0.2) is 0 Å². The normalized spacial score (nSPS) is 22.4. The summed E-state index contributed by atoms with van der Waals surface area (Å²) >= 11 is 0. The van der Waals surface area contributed by atoms with Crippen LogP contribution >= 0.6 is 9.39 Å². The molecule has 13 heavy (non-hydrogen) atoms. The van der Waals surface area contributed by atoms with Crippen molar-refractivity contribution in [3.05, 3.63) is 35.4 Å². The molecule has 0 N–H and O–H groups in total. The molecule has 2 nitrogen and oxygen atoms in total. The molecule has 0 radical (unpaired) electrons. The van der Waals surface area contributed by atoms with E-state index in [0.29, 0.717) is 0 Å². The Morgan fingerprint density at radius 3 is 2.77 bits per heavy atom. The molecule has 1 aromatic carbocycles. The van der Waals surface area contributed by atoms with E-state index in [0.717, 1.165) is 19.3 Å². The first-order valence-electron chi connectivity index (χ1n) is 4.34. The molecule has 1 heterocycles. The van der Waals surface area contributed by atoms with Gasteiger partial charge in [-0.3, -0.25) is 4.67 Å². The van der Waals surface area contributed by atoms with Gasteiger partial charge in [0, 0.05) is 6.54 Å². The van der Waals surface area contributed by atoms with Gasteiger partial charge in [0.25, 0.3) is 0 Å². The largest absolute Gasteiger partial charge is 0.302 e.